The molecule has 1 N–H and O–H groups in total. The fourth-order valence-corrected chi connectivity index (χ4v) is 2.70. The van der Waals surface area contributed by atoms with Crippen molar-refractivity contribution in [3.63, 3.8) is 0 Å². The molecule has 1 atom stereocenters. The van der Waals surface area contributed by atoms with E-state index in [1.807, 2.05) is 4.68 Å². The molecule has 114 valence electrons. The highest BCUT2D eigenvalue weighted by Gasteiger charge is 2.17. The van der Waals surface area contributed by atoms with Gasteiger partial charge in [-0.25, -0.2) is 4.98 Å². The molecule has 1 heterocycles. The van der Waals surface area contributed by atoms with Crippen molar-refractivity contribution in [2.24, 2.45) is 0 Å². The quantitative estimate of drug-likeness (QED) is 0.850. The number of rotatable bonds is 7. The van der Waals surface area contributed by atoms with Gasteiger partial charge in [-0.3, -0.25) is 4.68 Å². The zero-order chi connectivity index (χ0) is 15.2. The minimum Gasteiger partial charge on any atom is -0.310 e. The number of hydrogen-bond donors (Lipinski definition) is 1. The van der Waals surface area contributed by atoms with Crippen molar-refractivity contribution in [3.05, 3.63) is 47.0 Å². The second-order valence-corrected chi connectivity index (χ2v) is 5.57. The number of nitrogens with zero attached hydrogens (tertiary/aromatic N) is 3. The number of aryl methyl sites for hydroxylation is 3. The Hall–Kier alpha value is -1.68. The lowest BCUT2D eigenvalue weighted by atomic mass is 9.96. The molecule has 0 spiro atoms. The van der Waals surface area contributed by atoms with Crippen molar-refractivity contribution in [1.82, 2.24) is 20.1 Å². The molecular weight excluding hydrogens is 260 g/mol. The van der Waals surface area contributed by atoms with Crippen LogP contribution in [-0.4, -0.2) is 21.3 Å². The van der Waals surface area contributed by atoms with E-state index in [2.05, 4.69) is 61.3 Å². The summed E-state index contributed by atoms with van der Waals surface area (Å²) >= 11 is 0. The molecule has 4 heteroatoms. The van der Waals surface area contributed by atoms with Gasteiger partial charge in [0.05, 0.1) is 0 Å². The van der Waals surface area contributed by atoms with Crippen molar-refractivity contribution < 1.29 is 0 Å². The fourth-order valence-electron chi connectivity index (χ4n) is 2.70. The first-order valence-electron chi connectivity index (χ1n) is 7.82. The van der Waals surface area contributed by atoms with E-state index in [9.17, 15) is 0 Å². The van der Waals surface area contributed by atoms with Crippen molar-refractivity contribution in [3.8, 4) is 0 Å². The summed E-state index contributed by atoms with van der Waals surface area (Å²) in [7, 11) is 0. The van der Waals surface area contributed by atoms with Crippen molar-refractivity contribution in [2.75, 3.05) is 6.54 Å². The highest BCUT2D eigenvalue weighted by atomic mass is 15.3. The standard InChI is InChI=1S/C17H26N4/c1-5-9-21-17(19-12-20-21)11-16(18-6-2)15-10-13(3)7-8-14(15)4/h7-8,10,12,16,18H,5-6,9,11H2,1-4H3. The molecule has 1 aromatic carbocycles. The average molecular weight is 286 g/mol. The first kappa shape index (κ1) is 15.7. The molecule has 1 unspecified atom stereocenters. The summed E-state index contributed by atoms with van der Waals surface area (Å²) in [5.41, 5.74) is 3.99. The summed E-state index contributed by atoms with van der Waals surface area (Å²) in [6, 6.07) is 6.94. The molecular formula is C17H26N4. The normalized spacial score (nSPS) is 12.6. The molecule has 1 aromatic heterocycles. The highest BCUT2D eigenvalue weighted by molar-refractivity contribution is 5.33. The van der Waals surface area contributed by atoms with Gasteiger partial charge in [0, 0.05) is 19.0 Å². The van der Waals surface area contributed by atoms with E-state index < -0.39 is 0 Å². The zero-order valence-electron chi connectivity index (χ0n) is 13.6. The molecule has 0 aliphatic rings. The Morgan fingerprint density at radius 1 is 1.24 bits per heavy atom. The number of benzene rings is 1. The van der Waals surface area contributed by atoms with E-state index in [1.165, 1.54) is 16.7 Å². The molecule has 0 saturated carbocycles. The Labute approximate surface area is 127 Å². The topological polar surface area (TPSA) is 42.7 Å². The van der Waals surface area contributed by atoms with Gasteiger partial charge in [0.15, 0.2) is 0 Å². The Morgan fingerprint density at radius 3 is 2.76 bits per heavy atom. The highest BCUT2D eigenvalue weighted by Crippen LogP contribution is 2.22. The third-order valence-corrected chi connectivity index (χ3v) is 3.78. The molecule has 0 amide bonds. The maximum absolute atomic E-state index is 4.45. The predicted octanol–water partition coefficient (Wildman–Crippen LogP) is 3.20. The van der Waals surface area contributed by atoms with Gasteiger partial charge >= 0.3 is 0 Å². The van der Waals surface area contributed by atoms with Gasteiger partial charge in [-0.2, -0.15) is 5.10 Å². The Kier molecular flexibility index (Phi) is 5.51. The molecule has 2 aromatic rings. The van der Waals surface area contributed by atoms with E-state index in [0.717, 1.165) is 31.8 Å². The molecule has 0 aliphatic carbocycles. The molecule has 0 fully saturated rings. The van der Waals surface area contributed by atoms with Crippen LogP contribution in [0.15, 0.2) is 24.5 Å². The van der Waals surface area contributed by atoms with E-state index in [-0.39, 0.29) is 6.04 Å². The largest absolute Gasteiger partial charge is 0.310 e. The van der Waals surface area contributed by atoms with E-state index >= 15 is 0 Å². The van der Waals surface area contributed by atoms with Crippen LogP contribution in [0.1, 0.15) is 48.8 Å². The molecule has 2 rings (SSSR count). The fraction of sp³-hybridized carbons (Fsp3) is 0.529. The SMILES string of the molecule is CCCn1ncnc1CC(NCC)c1cc(C)ccc1C. The Morgan fingerprint density at radius 2 is 2.05 bits per heavy atom. The summed E-state index contributed by atoms with van der Waals surface area (Å²) in [6.07, 6.45) is 3.61. The van der Waals surface area contributed by atoms with Gasteiger partial charge in [-0.15, -0.1) is 0 Å². The third-order valence-electron chi connectivity index (χ3n) is 3.78. The lowest BCUT2D eigenvalue weighted by Crippen LogP contribution is -2.25. The van der Waals surface area contributed by atoms with Gasteiger partial charge in [0.2, 0.25) is 0 Å². The van der Waals surface area contributed by atoms with Gasteiger partial charge in [0.25, 0.3) is 0 Å². The lowest BCUT2D eigenvalue weighted by Gasteiger charge is -2.21. The first-order valence-corrected chi connectivity index (χ1v) is 7.82. The van der Waals surface area contributed by atoms with Gasteiger partial charge in [-0.05, 0) is 37.9 Å². The van der Waals surface area contributed by atoms with Crippen LogP contribution in [0.5, 0.6) is 0 Å². The molecule has 21 heavy (non-hydrogen) atoms. The number of nitrogens with one attached hydrogen (secondary N) is 1. The van der Waals surface area contributed by atoms with Crippen molar-refractivity contribution in [1.29, 1.82) is 0 Å². The monoisotopic (exact) mass is 286 g/mol. The average Bonchev–Trinajstić information content (AvgIpc) is 2.89. The minimum absolute atomic E-state index is 0.287. The van der Waals surface area contributed by atoms with Crippen LogP contribution >= 0.6 is 0 Å². The van der Waals surface area contributed by atoms with Gasteiger partial charge in [0.1, 0.15) is 12.2 Å². The maximum atomic E-state index is 4.45. The number of likely N-dealkylation sites (N-methyl/N-ethyl adjacent to an activating group) is 1. The number of aromatic nitrogens is 3. The third kappa shape index (κ3) is 3.91. The van der Waals surface area contributed by atoms with Crippen LogP contribution < -0.4 is 5.32 Å². The second-order valence-electron chi connectivity index (χ2n) is 5.57. The summed E-state index contributed by atoms with van der Waals surface area (Å²) in [4.78, 5) is 4.45. The Bertz CT molecular complexity index is 574. The van der Waals surface area contributed by atoms with Crippen LogP contribution in [0.3, 0.4) is 0 Å². The molecule has 0 radical (unpaired) electrons. The second kappa shape index (κ2) is 7.36. The van der Waals surface area contributed by atoms with Crippen LogP contribution in [0.4, 0.5) is 0 Å². The van der Waals surface area contributed by atoms with Crippen LogP contribution in [0.2, 0.25) is 0 Å². The van der Waals surface area contributed by atoms with E-state index in [1.54, 1.807) is 6.33 Å². The van der Waals surface area contributed by atoms with Crippen molar-refractivity contribution >= 4 is 0 Å². The molecule has 0 saturated heterocycles. The van der Waals surface area contributed by atoms with Crippen LogP contribution in [0, 0.1) is 13.8 Å². The Balaban J connectivity index is 2.26. The lowest BCUT2D eigenvalue weighted by molar-refractivity contribution is 0.497. The van der Waals surface area contributed by atoms with E-state index in [0.29, 0.717) is 0 Å². The van der Waals surface area contributed by atoms with E-state index in [4.69, 9.17) is 0 Å². The van der Waals surface area contributed by atoms with Crippen LogP contribution in [0.25, 0.3) is 0 Å². The smallest absolute Gasteiger partial charge is 0.138 e. The molecule has 0 aliphatic heterocycles. The zero-order valence-corrected chi connectivity index (χ0v) is 13.6. The summed E-state index contributed by atoms with van der Waals surface area (Å²) < 4.78 is 2.02. The maximum Gasteiger partial charge on any atom is 0.138 e. The summed E-state index contributed by atoms with van der Waals surface area (Å²) in [5, 5.41) is 7.92. The number of hydrogen-bond acceptors (Lipinski definition) is 3. The van der Waals surface area contributed by atoms with Gasteiger partial charge in [-0.1, -0.05) is 37.6 Å². The molecule has 0 bridgehead atoms. The molecule has 4 nitrogen and oxygen atoms in total. The van der Waals surface area contributed by atoms with Crippen molar-refractivity contribution in [2.45, 2.75) is 53.1 Å². The van der Waals surface area contributed by atoms with Crippen LogP contribution in [-0.2, 0) is 13.0 Å². The summed E-state index contributed by atoms with van der Waals surface area (Å²) in [6.45, 7) is 10.5. The predicted molar refractivity (Wildman–Crippen MR) is 86.4 cm³/mol. The summed E-state index contributed by atoms with van der Waals surface area (Å²) in [5.74, 6) is 1.06. The van der Waals surface area contributed by atoms with Gasteiger partial charge < -0.3 is 5.32 Å². The first-order chi connectivity index (χ1) is 10.2. The minimum atomic E-state index is 0.287.